The first-order valence-corrected chi connectivity index (χ1v) is 4.96. The van der Waals surface area contributed by atoms with Gasteiger partial charge in [-0.1, -0.05) is 26.0 Å². The van der Waals surface area contributed by atoms with Crippen LogP contribution < -0.4 is 0 Å². The molecule has 0 aliphatic heterocycles. The van der Waals surface area contributed by atoms with Crippen LogP contribution in [0.3, 0.4) is 0 Å². The molecule has 0 bridgehead atoms. The van der Waals surface area contributed by atoms with E-state index in [1.807, 2.05) is 29.1 Å². The van der Waals surface area contributed by atoms with Crippen LogP contribution in [0.4, 0.5) is 0 Å². The number of hydrogen-bond acceptors (Lipinski definition) is 2. The molecule has 0 N–H and O–H groups in total. The normalized spacial score (nSPS) is 9.58. The van der Waals surface area contributed by atoms with E-state index in [1.165, 1.54) is 0 Å². The lowest BCUT2D eigenvalue weighted by Gasteiger charge is -1.98. The summed E-state index contributed by atoms with van der Waals surface area (Å²) in [5.74, 6) is 0.488. The van der Waals surface area contributed by atoms with E-state index in [0.29, 0.717) is 5.92 Å². The molecule has 0 aliphatic rings. The smallest absolute Gasteiger partial charge is 0.0429 e. The molecule has 0 atom stereocenters. The lowest BCUT2D eigenvalue weighted by molar-refractivity contribution is 0.826. The van der Waals surface area contributed by atoms with Crippen LogP contribution in [0.5, 0.6) is 0 Å². The van der Waals surface area contributed by atoms with Gasteiger partial charge in [-0.15, -0.1) is 0 Å². The number of aromatic nitrogens is 1. The summed E-state index contributed by atoms with van der Waals surface area (Å²) >= 11 is 1.64. The van der Waals surface area contributed by atoms with Gasteiger partial charge in [0.15, 0.2) is 0 Å². The fourth-order valence-corrected chi connectivity index (χ4v) is 1.23. The predicted octanol–water partition coefficient (Wildman–Crippen LogP) is 3.39. The fraction of sp³-hybridized carbons (Fsp3) is 0.300. The molecular weight excluding hydrogens is 166 g/mol. The van der Waals surface area contributed by atoms with Crippen molar-refractivity contribution in [3.63, 3.8) is 0 Å². The minimum Gasteiger partial charge on any atom is -0.260 e. The van der Waals surface area contributed by atoms with Gasteiger partial charge in [0.2, 0.25) is 0 Å². The second-order valence-electron chi connectivity index (χ2n) is 2.82. The van der Waals surface area contributed by atoms with Crippen LogP contribution in [-0.4, -0.2) is 4.98 Å². The third-order valence-corrected chi connectivity index (χ3v) is 2.08. The van der Waals surface area contributed by atoms with Crippen LogP contribution in [0.25, 0.3) is 0 Å². The molecule has 1 rings (SSSR count). The molecule has 12 heavy (non-hydrogen) atoms. The summed E-state index contributed by atoms with van der Waals surface area (Å²) in [6, 6.07) is 6.11. The van der Waals surface area contributed by atoms with Crippen molar-refractivity contribution in [2.45, 2.75) is 19.8 Å². The summed E-state index contributed by atoms with van der Waals surface area (Å²) < 4.78 is 0. The van der Waals surface area contributed by atoms with Crippen LogP contribution in [-0.2, 0) is 0 Å². The summed E-state index contributed by atoms with van der Waals surface area (Å²) in [6.45, 7) is 4.29. The molecule has 1 heterocycles. The molecule has 0 saturated heterocycles. The molecule has 0 aromatic carbocycles. The lowest BCUT2D eigenvalue weighted by atomic mass is 10.1. The average Bonchev–Trinajstić information content (AvgIpc) is 2.15. The third-order valence-electron chi connectivity index (χ3n) is 1.49. The van der Waals surface area contributed by atoms with Gasteiger partial charge in [0.05, 0.1) is 0 Å². The maximum atomic E-state index is 4.33. The minimum absolute atomic E-state index is 0.488. The fourth-order valence-electron chi connectivity index (χ4n) is 0.826. The Bertz CT molecular complexity index is 253. The monoisotopic (exact) mass is 179 g/mol. The van der Waals surface area contributed by atoms with E-state index in [1.54, 1.807) is 11.3 Å². The summed E-state index contributed by atoms with van der Waals surface area (Å²) in [4.78, 5) is 4.33. The number of hydrogen-bond donors (Lipinski definition) is 0. The number of rotatable bonds is 1. The van der Waals surface area contributed by atoms with Gasteiger partial charge >= 0.3 is 0 Å². The Kier molecular flexibility index (Phi) is 3.74. The molecule has 1 aromatic rings. The molecule has 64 valence electrons. The molecule has 0 radical (unpaired) electrons. The van der Waals surface area contributed by atoms with Crippen LogP contribution in [0.2, 0.25) is 0 Å². The standard InChI is InChI=1S/C10H13NS/c1-9(2)10-5-3-4-7-12-8-6-11-10/h3-9H,1-2H3. The topological polar surface area (TPSA) is 12.9 Å². The van der Waals surface area contributed by atoms with Gasteiger partial charge in [-0.3, -0.25) is 4.98 Å². The molecule has 0 fully saturated rings. The average molecular weight is 179 g/mol. The van der Waals surface area contributed by atoms with Gasteiger partial charge in [-0.05, 0) is 17.4 Å². The van der Waals surface area contributed by atoms with Gasteiger partial charge in [-0.25, -0.2) is 0 Å². The zero-order chi connectivity index (χ0) is 8.81. The Morgan fingerprint density at radius 1 is 1.25 bits per heavy atom. The highest BCUT2D eigenvalue weighted by molar-refractivity contribution is 7.07. The van der Waals surface area contributed by atoms with Gasteiger partial charge < -0.3 is 0 Å². The summed E-state index contributed by atoms with van der Waals surface area (Å²) in [5, 5.41) is 4.01. The zero-order valence-electron chi connectivity index (χ0n) is 7.40. The SMILES string of the molecule is CC(C)c1ccccsccn1. The van der Waals surface area contributed by atoms with Gasteiger partial charge in [0.1, 0.15) is 0 Å². The Hall–Kier alpha value is -0.890. The molecule has 0 unspecified atom stereocenters. The zero-order valence-corrected chi connectivity index (χ0v) is 8.21. The van der Waals surface area contributed by atoms with Crippen molar-refractivity contribution in [2.24, 2.45) is 0 Å². The Labute approximate surface area is 77.4 Å². The largest absolute Gasteiger partial charge is 0.260 e. The third kappa shape index (κ3) is 3.01. The highest BCUT2D eigenvalue weighted by Crippen LogP contribution is 2.07. The molecule has 0 amide bonds. The van der Waals surface area contributed by atoms with Crippen molar-refractivity contribution in [2.75, 3.05) is 0 Å². The van der Waals surface area contributed by atoms with Gasteiger partial charge in [0.25, 0.3) is 0 Å². The van der Waals surface area contributed by atoms with Crippen LogP contribution in [0, 0.1) is 0 Å². The van der Waals surface area contributed by atoms with Crippen molar-refractivity contribution in [3.05, 3.63) is 40.8 Å². The van der Waals surface area contributed by atoms with Crippen molar-refractivity contribution in [1.29, 1.82) is 0 Å². The van der Waals surface area contributed by atoms with Crippen molar-refractivity contribution < 1.29 is 0 Å². The van der Waals surface area contributed by atoms with E-state index < -0.39 is 0 Å². The molecule has 1 nitrogen and oxygen atoms in total. The quantitative estimate of drug-likeness (QED) is 0.644. The van der Waals surface area contributed by atoms with E-state index in [9.17, 15) is 0 Å². The second kappa shape index (κ2) is 4.88. The number of nitrogens with zero attached hydrogens (tertiary/aromatic N) is 1. The Morgan fingerprint density at radius 2 is 2.08 bits per heavy atom. The molecule has 1 aromatic heterocycles. The van der Waals surface area contributed by atoms with E-state index in [2.05, 4.69) is 24.9 Å². The molecule has 0 saturated carbocycles. The van der Waals surface area contributed by atoms with Crippen LogP contribution in [0.15, 0.2) is 35.2 Å². The van der Waals surface area contributed by atoms with Crippen molar-refractivity contribution in [1.82, 2.24) is 4.98 Å². The van der Waals surface area contributed by atoms with E-state index >= 15 is 0 Å². The van der Waals surface area contributed by atoms with Gasteiger partial charge in [-0.2, -0.15) is 11.3 Å². The first kappa shape index (κ1) is 9.20. The first-order valence-electron chi connectivity index (χ1n) is 4.02. The summed E-state index contributed by atoms with van der Waals surface area (Å²) in [5.41, 5.74) is 1.12. The first-order chi connectivity index (χ1) is 5.80. The van der Waals surface area contributed by atoms with Crippen LogP contribution >= 0.6 is 11.3 Å². The molecule has 2 heteroatoms. The van der Waals surface area contributed by atoms with E-state index in [0.717, 1.165) is 5.69 Å². The molecule has 0 spiro atoms. The lowest BCUT2D eigenvalue weighted by Crippen LogP contribution is -1.87. The maximum absolute atomic E-state index is 4.33. The van der Waals surface area contributed by atoms with E-state index in [4.69, 9.17) is 0 Å². The van der Waals surface area contributed by atoms with Gasteiger partial charge in [0, 0.05) is 17.3 Å². The van der Waals surface area contributed by atoms with Crippen molar-refractivity contribution >= 4 is 11.3 Å². The molecular formula is C10H13NS. The highest BCUT2D eigenvalue weighted by Gasteiger charge is 1.94. The Balaban J connectivity index is 3.10. The van der Waals surface area contributed by atoms with Crippen LogP contribution in [0.1, 0.15) is 25.5 Å². The highest BCUT2D eigenvalue weighted by atomic mass is 32.1. The van der Waals surface area contributed by atoms with E-state index in [-0.39, 0.29) is 0 Å². The maximum Gasteiger partial charge on any atom is 0.0429 e. The summed E-state index contributed by atoms with van der Waals surface area (Å²) in [7, 11) is 0. The predicted molar refractivity (Wildman–Crippen MR) is 53.8 cm³/mol. The summed E-state index contributed by atoms with van der Waals surface area (Å²) in [6.07, 6.45) is 1.85. The van der Waals surface area contributed by atoms with Crippen molar-refractivity contribution in [3.8, 4) is 0 Å². The minimum atomic E-state index is 0.488. The second-order valence-corrected chi connectivity index (χ2v) is 3.63. The molecule has 0 aliphatic carbocycles. The Morgan fingerprint density at radius 3 is 2.83 bits per heavy atom.